The standard InChI is InChI=1S/C19H24N2O4/c1-23-16-8-7-14(10-18(16)24-2)17-11-15(21-25-17)12-20-19(22)9-13-5-3-4-6-13/h7-8,10-11,13H,3-6,9,12H2,1-2H3,(H,20,22). The average molecular weight is 344 g/mol. The summed E-state index contributed by atoms with van der Waals surface area (Å²) in [4.78, 5) is 12.0. The Bertz CT molecular complexity index is 720. The molecule has 1 amide bonds. The first-order chi connectivity index (χ1) is 12.2. The minimum atomic E-state index is 0.0857. The number of hydrogen-bond donors (Lipinski definition) is 1. The molecule has 6 heteroatoms. The SMILES string of the molecule is COc1ccc(-c2cc(CNC(=O)CC3CCCC3)no2)cc1OC. The van der Waals surface area contributed by atoms with E-state index < -0.39 is 0 Å². The van der Waals surface area contributed by atoms with Gasteiger partial charge in [0.1, 0.15) is 5.69 Å². The Morgan fingerprint density at radius 1 is 1.20 bits per heavy atom. The zero-order valence-electron chi connectivity index (χ0n) is 14.7. The lowest BCUT2D eigenvalue weighted by atomic mass is 10.0. The third-order valence-electron chi connectivity index (χ3n) is 4.64. The third kappa shape index (κ3) is 4.32. The number of hydrogen-bond acceptors (Lipinski definition) is 5. The first kappa shape index (κ1) is 17.3. The minimum Gasteiger partial charge on any atom is -0.493 e. The van der Waals surface area contributed by atoms with E-state index >= 15 is 0 Å². The second-order valence-electron chi connectivity index (χ2n) is 6.38. The second-order valence-corrected chi connectivity index (χ2v) is 6.38. The second kappa shape index (κ2) is 8.05. The number of nitrogens with zero attached hydrogens (tertiary/aromatic N) is 1. The average Bonchev–Trinajstić information content (AvgIpc) is 3.31. The van der Waals surface area contributed by atoms with Crippen LogP contribution in [0, 0.1) is 5.92 Å². The third-order valence-corrected chi connectivity index (χ3v) is 4.64. The number of carbonyl (C=O) groups excluding carboxylic acids is 1. The van der Waals surface area contributed by atoms with Crippen molar-refractivity contribution < 1.29 is 18.8 Å². The predicted molar refractivity (Wildman–Crippen MR) is 93.5 cm³/mol. The van der Waals surface area contributed by atoms with Crippen LogP contribution in [0.4, 0.5) is 0 Å². The summed E-state index contributed by atoms with van der Waals surface area (Å²) in [7, 11) is 3.19. The van der Waals surface area contributed by atoms with Crippen LogP contribution in [0.2, 0.25) is 0 Å². The van der Waals surface area contributed by atoms with E-state index in [2.05, 4.69) is 10.5 Å². The molecule has 0 bridgehead atoms. The molecule has 1 N–H and O–H groups in total. The van der Waals surface area contributed by atoms with Crippen LogP contribution >= 0.6 is 0 Å². The lowest BCUT2D eigenvalue weighted by Gasteiger charge is -2.08. The summed E-state index contributed by atoms with van der Waals surface area (Å²) in [5, 5.41) is 6.96. The molecule has 1 aliphatic carbocycles. The van der Waals surface area contributed by atoms with Gasteiger partial charge in [-0.25, -0.2) is 0 Å². The molecule has 1 aliphatic rings. The maximum Gasteiger partial charge on any atom is 0.220 e. The zero-order chi connectivity index (χ0) is 17.6. The van der Waals surface area contributed by atoms with E-state index in [1.54, 1.807) is 14.2 Å². The maximum atomic E-state index is 12.0. The molecule has 1 aromatic heterocycles. The van der Waals surface area contributed by atoms with Gasteiger partial charge in [-0.15, -0.1) is 0 Å². The van der Waals surface area contributed by atoms with E-state index in [1.165, 1.54) is 25.7 Å². The van der Waals surface area contributed by atoms with Crippen molar-refractivity contribution in [2.24, 2.45) is 5.92 Å². The smallest absolute Gasteiger partial charge is 0.220 e. The van der Waals surface area contributed by atoms with Gasteiger partial charge >= 0.3 is 0 Å². The monoisotopic (exact) mass is 344 g/mol. The van der Waals surface area contributed by atoms with Gasteiger partial charge in [0.05, 0.1) is 20.8 Å². The molecule has 0 atom stereocenters. The molecule has 0 radical (unpaired) electrons. The zero-order valence-corrected chi connectivity index (χ0v) is 14.7. The lowest BCUT2D eigenvalue weighted by molar-refractivity contribution is -0.122. The van der Waals surface area contributed by atoms with Gasteiger partial charge in [0.25, 0.3) is 0 Å². The highest BCUT2D eigenvalue weighted by molar-refractivity contribution is 5.76. The number of ether oxygens (including phenoxy) is 2. The largest absolute Gasteiger partial charge is 0.493 e. The molecule has 0 unspecified atom stereocenters. The Hall–Kier alpha value is -2.50. The van der Waals surface area contributed by atoms with Crippen molar-refractivity contribution >= 4 is 5.91 Å². The van der Waals surface area contributed by atoms with E-state index in [-0.39, 0.29) is 5.91 Å². The van der Waals surface area contributed by atoms with E-state index in [4.69, 9.17) is 14.0 Å². The van der Waals surface area contributed by atoms with Gasteiger partial charge in [-0.05, 0) is 37.0 Å². The Morgan fingerprint density at radius 2 is 1.96 bits per heavy atom. The number of amides is 1. The number of nitrogens with one attached hydrogen (secondary N) is 1. The van der Waals surface area contributed by atoms with Crippen molar-refractivity contribution in [2.75, 3.05) is 14.2 Å². The van der Waals surface area contributed by atoms with Gasteiger partial charge < -0.3 is 19.3 Å². The molecule has 25 heavy (non-hydrogen) atoms. The summed E-state index contributed by atoms with van der Waals surface area (Å²) >= 11 is 0. The van der Waals surface area contributed by atoms with E-state index in [0.29, 0.717) is 41.8 Å². The van der Waals surface area contributed by atoms with Crippen molar-refractivity contribution in [3.63, 3.8) is 0 Å². The summed E-state index contributed by atoms with van der Waals surface area (Å²) in [5.74, 6) is 2.54. The van der Waals surface area contributed by atoms with Gasteiger partial charge in [0.2, 0.25) is 5.91 Å². The van der Waals surface area contributed by atoms with E-state index in [9.17, 15) is 4.79 Å². The van der Waals surface area contributed by atoms with Crippen molar-refractivity contribution in [3.05, 3.63) is 30.0 Å². The van der Waals surface area contributed by atoms with E-state index in [1.807, 2.05) is 24.3 Å². The lowest BCUT2D eigenvalue weighted by Crippen LogP contribution is -2.24. The summed E-state index contributed by atoms with van der Waals surface area (Å²) in [5.41, 5.74) is 1.54. The molecule has 1 saturated carbocycles. The van der Waals surface area contributed by atoms with Crippen LogP contribution in [0.5, 0.6) is 11.5 Å². The van der Waals surface area contributed by atoms with Crippen LogP contribution in [-0.4, -0.2) is 25.3 Å². The molecule has 1 aromatic carbocycles. The number of rotatable bonds is 7. The fourth-order valence-electron chi connectivity index (χ4n) is 3.26. The van der Waals surface area contributed by atoms with E-state index in [0.717, 1.165) is 5.56 Å². The Balaban J connectivity index is 1.59. The number of aromatic nitrogens is 1. The van der Waals surface area contributed by atoms with Crippen molar-refractivity contribution in [1.82, 2.24) is 10.5 Å². The molecule has 0 spiro atoms. The van der Waals surface area contributed by atoms with Crippen molar-refractivity contribution in [3.8, 4) is 22.8 Å². The van der Waals surface area contributed by atoms with Crippen LogP contribution in [0.15, 0.2) is 28.8 Å². The first-order valence-corrected chi connectivity index (χ1v) is 8.64. The molecule has 1 fully saturated rings. The number of benzene rings is 1. The van der Waals surface area contributed by atoms with Gasteiger partial charge in [0.15, 0.2) is 17.3 Å². The molecule has 0 aliphatic heterocycles. The van der Waals surface area contributed by atoms with Crippen LogP contribution in [0.3, 0.4) is 0 Å². The molecular weight excluding hydrogens is 320 g/mol. The molecule has 1 heterocycles. The first-order valence-electron chi connectivity index (χ1n) is 8.64. The molecular formula is C19H24N2O4. The summed E-state index contributed by atoms with van der Waals surface area (Å²) < 4.78 is 15.9. The molecule has 0 saturated heterocycles. The fraction of sp³-hybridized carbons (Fsp3) is 0.474. The van der Waals surface area contributed by atoms with Crippen LogP contribution in [0.25, 0.3) is 11.3 Å². The van der Waals surface area contributed by atoms with Gasteiger partial charge in [-0.1, -0.05) is 18.0 Å². The van der Waals surface area contributed by atoms with Gasteiger partial charge in [-0.3, -0.25) is 4.79 Å². The van der Waals surface area contributed by atoms with Crippen molar-refractivity contribution in [1.29, 1.82) is 0 Å². The van der Waals surface area contributed by atoms with Gasteiger partial charge in [-0.2, -0.15) is 0 Å². The highest BCUT2D eigenvalue weighted by atomic mass is 16.5. The molecule has 3 rings (SSSR count). The quantitative estimate of drug-likeness (QED) is 0.831. The summed E-state index contributed by atoms with van der Waals surface area (Å²) in [6.45, 7) is 0.377. The maximum absolute atomic E-state index is 12.0. The molecule has 134 valence electrons. The summed E-state index contributed by atoms with van der Waals surface area (Å²) in [6.07, 6.45) is 5.44. The topological polar surface area (TPSA) is 73.6 Å². The van der Waals surface area contributed by atoms with Crippen LogP contribution in [0.1, 0.15) is 37.8 Å². The number of carbonyl (C=O) groups is 1. The Morgan fingerprint density at radius 3 is 2.68 bits per heavy atom. The fourth-order valence-corrected chi connectivity index (χ4v) is 3.26. The highest BCUT2D eigenvalue weighted by Crippen LogP contribution is 2.32. The minimum absolute atomic E-state index is 0.0857. The van der Waals surface area contributed by atoms with Crippen LogP contribution in [-0.2, 0) is 11.3 Å². The Kier molecular flexibility index (Phi) is 5.58. The number of methoxy groups -OCH3 is 2. The Labute approximate surface area is 147 Å². The summed E-state index contributed by atoms with van der Waals surface area (Å²) in [6, 6.07) is 7.36. The predicted octanol–water partition coefficient (Wildman–Crippen LogP) is 3.56. The van der Waals surface area contributed by atoms with Crippen LogP contribution < -0.4 is 14.8 Å². The van der Waals surface area contributed by atoms with Gasteiger partial charge in [0, 0.05) is 18.1 Å². The molecule has 6 nitrogen and oxygen atoms in total. The normalized spacial score (nSPS) is 14.5. The molecule has 2 aromatic rings. The highest BCUT2D eigenvalue weighted by Gasteiger charge is 2.18. The van der Waals surface area contributed by atoms with Crippen molar-refractivity contribution in [2.45, 2.75) is 38.6 Å².